The number of urea groups is 1. The van der Waals surface area contributed by atoms with E-state index < -0.39 is 0 Å². The van der Waals surface area contributed by atoms with Crippen molar-refractivity contribution in [3.63, 3.8) is 0 Å². The van der Waals surface area contributed by atoms with Crippen LogP contribution in [-0.2, 0) is 0 Å². The normalized spacial score (nSPS) is 29.3. The molecule has 1 aromatic carbocycles. The molecule has 3 rings (SSSR count). The first-order valence-electron chi connectivity index (χ1n) is 6.66. The fourth-order valence-electron chi connectivity index (χ4n) is 3.12. The van der Waals surface area contributed by atoms with Gasteiger partial charge in [-0.15, -0.1) is 0 Å². The number of hydrogen-bond donors (Lipinski definition) is 3. The molecule has 102 valence electrons. The molecule has 2 aliphatic heterocycles. The van der Waals surface area contributed by atoms with Gasteiger partial charge in [0.15, 0.2) is 0 Å². The standard InChI is InChI=1S/C14H19N3O2/c18-10-14-8-15-6-11(14)7-17(9-14)13(19)16-12-4-2-1-3-5-12/h1-5,11,15,18H,6-10H2,(H,16,19). The zero-order valence-corrected chi connectivity index (χ0v) is 10.8. The van der Waals surface area contributed by atoms with Crippen LogP contribution in [0, 0.1) is 11.3 Å². The van der Waals surface area contributed by atoms with Gasteiger partial charge in [-0.1, -0.05) is 18.2 Å². The third-order valence-corrected chi connectivity index (χ3v) is 4.31. The Morgan fingerprint density at radius 3 is 2.95 bits per heavy atom. The Morgan fingerprint density at radius 1 is 1.47 bits per heavy atom. The van der Waals surface area contributed by atoms with E-state index in [1.165, 1.54) is 0 Å². The average molecular weight is 261 g/mol. The molecule has 2 atom stereocenters. The Bertz CT molecular complexity index is 465. The molecule has 0 radical (unpaired) electrons. The molecule has 0 bridgehead atoms. The minimum absolute atomic E-state index is 0.0755. The number of anilines is 1. The molecule has 2 heterocycles. The van der Waals surface area contributed by atoms with Crippen molar-refractivity contribution in [3.8, 4) is 0 Å². The fraction of sp³-hybridized carbons (Fsp3) is 0.500. The average Bonchev–Trinajstić information content (AvgIpc) is 2.96. The van der Waals surface area contributed by atoms with Gasteiger partial charge >= 0.3 is 6.03 Å². The number of aliphatic hydroxyl groups is 1. The summed E-state index contributed by atoms with van der Waals surface area (Å²) in [5.41, 5.74) is 0.661. The maximum absolute atomic E-state index is 12.2. The fourth-order valence-corrected chi connectivity index (χ4v) is 3.12. The molecule has 0 spiro atoms. The van der Waals surface area contributed by atoms with Crippen LogP contribution in [-0.4, -0.2) is 48.8 Å². The van der Waals surface area contributed by atoms with E-state index in [0.717, 1.165) is 18.8 Å². The topological polar surface area (TPSA) is 64.6 Å². The molecule has 0 saturated carbocycles. The van der Waals surface area contributed by atoms with Gasteiger partial charge in [0.2, 0.25) is 0 Å². The van der Waals surface area contributed by atoms with Crippen molar-refractivity contribution >= 4 is 11.7 Å². The number of nitrogens with one attached hydrogen (secondary N) is 2. The summed E-state index contributed by atoms with van der Waals surface area (Å²) in [5, 5.41) is 15.8. The minimum atomic E-state index is -0.145. The minimum Gasteiger partial charge on any atom is -0.396 e. The highest BCUT2D eigenvalue weighted by molar-refractivity contribution is 5.89. The summed E-state index contributed by atoms with van der Waals surface area (Å²) in [5.74, 6) is 0.360. The highest BCUT2D eigenvalue weighted by Crippen LogP contribution is 2.38. The van der Waals surface area contributed by atoms with E-state index in [1.807, 2.05) is 35.2 Å². The summed E-state index contributed by atoms with van der Waals surface area (Å²) in [7, 11) is 0. The smallest absolute Gasteiger partial charge is 0.321 e. The van der Waals surface area contributed by atoms with Gasteiger partial charge in [-0.05, 0) is 18.1 Å². The van der Waals surface area contributed by atoms with Crippen molar-refractivity contribution < 1.29 is 9.90 Å². The first kappa shape index (κ1) is 12.4. The second-order valence-electron chi connectivity index (χ2n) is 5.53. The number of carbonyl (C=O) groups excluding carboxylic acids is 1. The summed E-state index contributed by atoms with van der Waals surface area (Å²) in [6.45, 7) is 3.16. The SMILES string of the molecule is O=C(Nc1ccccc1)N1CC2CNCC2(CO)C1. The summed E-state index contributed by atoms with van der Waals surface area (Å²) in [6, 6.07) is 9.38. The van der Waals surface area contributed by atoms with Crippen LogP contribution in [0.15, 0.2) is 30.3 Å². The molecule has 2 fully saturated rings. The Labute approximate surface area is 112 Å². The number of nitrogens with zero attached hydrogens (tertiary/aromatic N) is 1. The number of fused-ring (bicyclic) bond motifs is 1. The van der Waals surface area contributed by atoms with Crippen molar-refractivity contribution in [2.45, 2.75) is 0 Å². The predicted molar refractivity (Wildman–Crippen MR) is 72.9 cm³/mol. The second-order valence-corrected chi connectivity index (χ2v) is 5.53. The number of aliphatic hydroxyl groups excluding tert-OH is 1. The Hall–Kier alpha value is -1.59. The molecular weight excluding hydrogens is 242 g/mol. The number of benzene rings is 1. The molecule has 2 aliphatic rings. The molecule has 2 amide bonds. The van der Waals surface area contributed by atoms with E-state index in [2.05, 4.69) is 10.6 Å². The largest absolute Gasteiger partial charge is 0.396 e. The molecule has 1 aromatic rings. The Morgan fingerprint density at radius 2 is 2.26 bits per heavy atom. The molecule has 2 unspecified atom stereocenters. The van der Waals surface area contributed by atoms with Crippen LogP contribution in [0.4, 0.5) is 10.5 Å². The van der Waals surface area contributed by atoms with Crippen molar-refractivity contribution in [1.82, 2.24) is 10.2 Å². The molecule has 19 heavy (non-hydrogen) atoms. The second kappa shape index (κ2) is 4.83. The van der Waals surface area contributed by atoms with Gasteiger partial charge in [0.25, 0.3) is 0 Å². The molecule has 2 saturated heterocycles. The van der Waals surface area contributed by atoms with E-state index in [4.69, 9.17) is 0 Å². The van der Waals surface area contributed by atoms with E-state index in [1.54, 1.807) is 0 Å². The summed E-state index contributed by atoms with van der Waals surface area (Å²) in [4.78, 5) is 14.0. The van der Waals surface area contributed by atoms with Crippen LogP contribution in [0.5, 0.6) is 0 Å². The van der Waals surface area contributed by atoms with Gasteiger partial charge in [0, 0.05) is 37.3 Å². The third-order valence-electron chi connectivity index (χ3n) is 4.31. The number of para-hydroxylation sites is 1. The molecule has 5 heteroatoms. The van der Waals surface area contributed by atoms with Crippen molar-refractivity contribution in [2.24, 2.45) is 11.3 Å². The summed E-state index contributed by atoms with van der Waals surface area (Å²) in [6.07, 6.45) is 0. The van der Waals surface area contributed by atoms with Crippen LogP contribution in [0.3, 0.4) is 0 Å². The maximum Gasteiger partial charge on any atom is 0.321 e. The maximum atomic E-state index is 12.2. The Kier molecular flexibility index (Phi) is 3.16. The van der Waals surface area contributed by atoms with Crippen LogP contribution < -0.4 is 10.6 Å². The van der Waals surface area contributed by atoms with E-state index in [0.29, 0.717) is 19.0 Å². The zero-order valence-electron chi connectivity index (χ0n) is 10.8. The van der Waals surface area contributed by atoms with Crippen molar-refractivity contribution in [1.29, 1.82) is 0 Å². The van der Waals surface area contributed by atoms with Crippen LogP contribution in [0.25, 0.3) is 0 Å². The Balaban J connectivity index is 1.66. The van der Waals surface area contributed by atoms with Crippen LogP contribution in [0.2, 0.25) is 0 Å². The lowest BCUT2D eigenvalue weighted by Crippen LogP contribution is -2.39. The summed E-state index contributed by atoms with van der Waals surface area (Å²) >= 11 is 0. The van der Waals surface area contributed by atoms with Gasteiger partial charge in [0.05, 0.1) is 6.61 Å². The predicted octanol–water partition coefficient (Wildman–Crippen LogP) is 0.732. The first-order valence-corrected chi connectivity index (χ1v) is 6.66. The quantitative estimate of drug-likeness (QED) is 0.735. The first-order chi connectivity index (χ1) is 9.23. The number of rotatable bonds is 2. The highest BCUT2D eigenvalue weighted by Gasteiger charge is 2.50. The zero-order chi connectivity index (χ0) is 13.3. The lowest BCUT2D eigenvalue weighted by Gasteiger charge is -2.25. The lowest BCUT2D eigenvalue weighted by atomic mass is 9.82. The highest BCUT2D eigenvalue weighted by atomic mass is 16.3. The van der Waals surface area contributed by atoms with E-state index in [-0.39, 0.29) is 18.1 Å². The number of amides is 2. The monoisotopic (exact) mass is 261 g/mol. The van der Waals surface area contributed by atoms with Gasteiger partial charge < -0.3 is 20.6 Å². The van der Waals surface area contributed by atoms with Crippen LogP contribution >= 0.6 is 0 Å². The number of carbonyl (C=O) groups is 1. The molecule has 5 nitrogen and oxygen atoms in total. The van der Waals surface area contributed by atoms with E-state index >= 15 is 0 Å². The molecule has 0 aromatic heterocycles. The lowest BCUT2D eigenvalue weighted by molar-refractivity contribution is 0.127. The summed E-state index contributed by atoms with van der Waals surface area (Å²) < 4.78 is 0. The number of hydrogen-bond acceptors (Lipinski definition) is 3. The molecule has 0 aliphatic carbocycles. The van der Waals surface area contributed by atoms with Gasteiger partial charge in [-0.3, -0.25) is 0 Å². The number of likely N-dealkylation sites (tertiary alicyclic amines) is 1. The third kappa shape index (κ3) is 2.19. The van der Waals surface area contributed by atoms with Crippen LogP contribution in [0.1, 0.15) is 0 Å². The van der Waals surface area contributed by atoms with Crippen molar-refractivity contribution in [2.75, 3.05) is 38.1 Å². The van der Waals surface area contributed by atoms with Gasteiger partial charge in [-0.25, -0.2) is 4.79 Å². The van der Waals surface area contributed by atoms with Gasteiger partial charge in [0.1, 0.15) is 0 Å². The van der Waals surface area contributed by atoms with Crippen molar-refractivity contribution in [3.05, 3.63) is 30.3 Å². The van der Waals surface area contributed by atoms with E-state index in [9.17, 15) is 9.90 Å². The molecule has 3 N–H and O–H groups in total. The van der Waals surface area contributed by atoms with Gasteiger partial charge in [-0.2, -0.15) is 0 Å². The molecular formula is C14H19N3O2.